The number of piperidine rings is 1. The molecule has 3 heterocycles. The van der Waals surface area contributed by atoms with Crippen LogP contribution in [0.25, 0.3) is 10.8 Å². The Kier molecular flexibility index (Phi) is 2.33. The number of carbonyl (C=O) groups is 1. The van der Waals surface area contributed by atoms with Gasteiger partial charge in [-0.05, 0) is 17.3 Å². The Labute approximate surface area is 120 Å². The molecule has 2 fully saturated rings. The van der Waals surface area contributed by atoms with Crippen LogP contribution < -0.4 is 0 Å². The molecule has 1 aliphatic carbocycles. The summed E-state index contributed by atoms with van der Waals surface area (Å²) in [6.45, 7) is 6.31. The van der Waals surface area contributed by atoms with Gasteiger partial charge in [0.1, 0.15) is 12.0 Å². The number of H-pyrrole nitrogens is 1. The molecule has 1 saturated carbocycles. The highest BCUT2D eigenvalue weighted by Gasteiger charge is 2.62. The van der Waals surface area contributed by atoms with E-state index in [1.54, 1.807) is 5.38 Å². The average Bonchev–Trinajstić information content (AvgIpc) is 3.03. The Bertz CT molecular complexity index is 648. The van der Waals surface area contributed by atoms with Crippen LogP contribution in [0.1, 0.15) is 24.3 Å². The Morgan fingerprint density at radius 3 is 2.85 bits per heavy atom. The molecule has 6 nitrogen and oxygen atoms in total. The second kappa shape index (κ2) is 3.88. The molecule has 1 saturated heterocycles. The van der Waals surface area contributed by atoms with Crippen LogP contribution in [0.15, 0.2) is 11.7 Å². The van der Waals surface area contributed by atoms with Crippen LogP contribution in [-0.2, 0) is 0 Å². The van der Waals surface area contributed by atoms with Crippen LogP contribution in [0, 0.1) is 17.3 Å². The minimum atomic E-state index is 0.0371. The van der Waals surface area contributed by atoms with Gasteiger partial charge >= 0.3 is 0 Å². The number of nitrogens with one attached hydrogen (secondary N) is 1. The monoisotopic (exact) mass is 289 g/mol. The lowest BCUT2D eigenvalue weighted by atomic mass is 10.1. The molecular weight excluding hydrogens is 274 g/mol. The highest BCUT2D eigenvalue weighted by atomic mass is 32.1. The fourth-order valence-corrected chi connectivity index (χ4v) is 3.99. The van der Waals surface area contributed by atoms with E-state index in [-0.39, 0.29) is 5.91 Å². The van der Waals surface area contributed by atoms with Gasteiger partial charge in [-0.25, -0.2) is 9.97 Å². The highest BCUT2D eigenvalue weighted by Crippen LogP contribution is 2.62. The number of fused-ring (bicyclic) bond motifs is 1. The molecule has 0 aromatic carbocycles. The number of nitrogens with zero attached hydrogens (tertiary/aromatic N) is 4. The van der Waals surface area contributed by atoms with Crippen molar-refractivity contribution in [3.05, 3.63) is 17.4 Å². The van der Waals surface area contributed by atoms with Crippen LogP contribution >= 0.6 is 11.3 Å². The maximum atomic E-state index is 12.4. The molecule has 0 spiro atoms. The van der Waals surface area contributed by atoms with E-state index < -0.39 is 0 Å². The largest absolute Gasteiger partial charge is 0.337 e. The number of hydrogen-bond donors (Lipinski definition) is 1. The topological polar surface area (TPSA) is 74.8 Å². The first-order valence-electron chi connectivity index (χ1n) is 6.68. The minimum Gasteiger partial charge on any atom is -0.337 e. The predicted octanol–water partition coefficient (Wildman–Crippen LogP) is 1.66. The maximum absolute atomic E-state index is 12.4. The van der Waals surface area contributed by atoms with Gasteiger partial charge in [0.2, 0.25) is 0 Å². The quantitative estimate of drug-likeness (QED) is 0.912. The normalized spacial score (nSPS) is 26.6. The molecule has 2 atom stereocenters. The molecule has 20 heavy (non-hydrogen) atoms. The number of hydrogen-bond acceptors (Lipinski definition) is 5. The highest BCUT2D eigenvalue weighted by molar-refractivity contribution is 7.13. The number of aromatic nitrogens is 4. The second-order valence-electron chi connectivity index (χ2n) is 6.12. The zero-order chi connectivity index (χ0) is 13.9. The first-order valence-corrected chi connectivity index (χ1v) is 7.56. The minimum absolute atomic E-state index is 0.0371. The molecular formula is C13H15N5OS. The Hall–Kier alpha value is -1.76. The SMILES string of the molecule is CC1(C)C2CN(C(=O)c3csc(-c4ncn[nH]4)n3)CC21. The van der Waals surface area contributed by atoms with Crippen molar-refractivity contribution in [1.82, 2.24) is 25.1 Å². The number of aromatic amines is 1. The van der Waals surface area contributed by atoms with Gasteiger partial charge in [0, 0.05) is 18.5 Å². The second-order valence-corrected chi connectivity index (χ2v) is 6.97. The third-order valence-electron chi connectivity index (χ3n) is 4.75. The molecule has 4 rings (SSSR count). The zero-order valence-electron chi connectivity index (χ0n) is 11.3. The number of amides is 1. The van der Waals surface area contributed by atoms with Gasteiger partial charge in [0.15, 0.2) is 10.8 Å². The van der Waals surface area contributed by atoms with Gasteiger partial charge in [-0.3, -0.25) is 9.89 Å². The van der Waals surface area contributed by atoms with E-state index in [2.05, 4.69) is 34.0 Å². The van der Waals surface area contributed by atoms with E-state index >= 15 is 0 Å². The first-order chi connectivity index (χ1) is 9.57. The Balaban J connectivity index is 1.50. The molecule has 1 N–H and O–H groups in total. The molecule has 2 aromatic rings. The van der Waals surface area contributed by atoms with Crippen LogP contribution in [0.4, 0.5) is 0 Å². The summed E-state index contributed by atoms with van der Waals surface area (Å²) in [6.07, 6.45) is 1.44. The number of likely N-dealkylation sites (tertiary alicyclic amines) is 1. The first kappa shape index (κ1) is 12.0. The molecule has 2 aliphatic rings. The van der Waals surface area contributed by atoms with Gasteiger partial charge < -0.3 is 4.90 Å². The third-order valence-corrected chi connectivity index (χ3v) is 5.60. The van der Waals surface area contributed by atoms with Gasteiger partial charge in [-0.1, -0.05) is 13.8 Å². The summed E-state index contributed by atoms with van der Waals surface area (Å²) in [4.78, 5) is 22.8. The summed E-state index contributed by atoms with van der Waals surface area (Å²) in [5, 5.41) is 9.06. The lowest BCUT2D eigenvalue weighted by Crippen LogP contribution is -2.33. The molecule has 104 valence electrons. The fraction of sp³-hybridized carbons (Fsp3) is 0.538. The zero-order valence-corrected chi connectivity index (χ0v) is 12.1. The van der Waals surface area contributed by atoms with Crippen molar-refractivity contribution < 1.29 is 4.79 Å². The average molecular weight is 289 g/mol. The molecule has 7 heteroatoms. The van der Waals surface area contributed by atoms with Crippen molar-refractivity contribution in [3.63, 3.8) is 0 Å². The van der Waals surface area contributed by atoms with Crippen molar-refractivity contribution in [2.75, 3.05) is 13.1 Å². The number of thiazole rings is 1. The standard InChI is InChI=1S/C13H15N5OS/c1-13(2)7-3-18(4-8(7)13)12(19)9-5-20-11(16-9)10-14-6-15-17-10/h5-8H,3-4H2,1-2H3,(H,14,15,17). The van der Waals surface area contributed by atoms with E-state index in [1.165, 1.54) is 17.7 Å². The van der Waals surface area contributed by atoms with Crippen LogP contribution in [-0.4, -0.2) is 44.1 Å². The molecule has 0 bridgehead atoms. The Morgan fingerprint density at radius 1 is 1.45 bits per heavy atom. The smallest absolute Gasteiger partial charge is 0.273 e. The summed E-state index contributed by atoms with van der Waals surface area (Å²) < 4.78 is 0. The van der Waals surface area contributed by atoms with Crippen LogP contribution in [0.3, 0.4) is 0 Å². The van der Waals surface area contributed by atoms with Crippen molar-refractivity contribution in [1.29, 1.82) is 0 Å². The lowest BCUT2D eigenvalue weighted by molar-refractivity contribution is 0.0753. The summed E-state index contributed by atoms with van der Waals surface area (Å²) in [5.74, 6) is 1.98. The summed E-state index contributed by atoms with van der Waals surface area (Å²) in [7, 11) is 0. The summed E-state index contributed by atoms with van der Waals surface area (Å²) in [5.41, 5.74) is 0.935. The number of rotatable bonds is 2. The third kappa shape index (κ3) is 1.62. The summed E-state index contributed by atoms with van der Waals surface area (Å²) in [6, 6.07) is 0. The Morgan fingerprint density at radius 2 is 2.20 bits per heavy atom. The van der Waals surface area contributed by atoms with Gasteiger partial charge in [0.25, 0.3) is 5.91 Å². The molecule has 2 aromatic heterocycles. The van der Waals surface area contributed by atoms with E-state index in [9.17, 15) is 4.79 Å². The van der Waals surface area contributed by atoms with Crippen LogP contribution in [0.5, 0.6) is 0 Å². The van der Waals surface area contributed by atoms with E-state index in [0.29, 0.717) is 33.8 Å². The summed E-state index contributed by atoms with van der Waals surface area (Å²) >= 11 is 1.41. The fourth-order valence-electron chi connectivity index (χ4n) is 3.25. The maximum Gasteiger partial charge on any atom is 0.273 e. The number of carbonyl (C=O) groups excluding carboxylic acids is 1. The van der Waals surface area contributed by atoms with Crippen molar-refractivity contribution in [2.24, 2.45) is 17.3 Å². The van der Waals surface area contributed by atoms with Gasteiger partial charge in [-0.15, -0.1) is 11.3 Å². The lowest BCUT2D eigenvalue weighted by Gasteiger charge is -2.21. The molecule has 2 unspecified atom stereocenters. The van der Waals surface area contributed by atoms with Gasteiger partial charge in [0.05, 0.1) is 0 Å². The van der Waals surface area contributed by atoms with E-state index in [4.69, 9.17) is 0 Å². The molecule has 0 radical (unpaired) electrons. The molecule has 1 aliphatic heterocycles. The van der Waals surface area contributed by atoms with E-state index in [0.717, 1.165) is 13.1 Å². The predicted molar refractivity (Wildman–Crippen MR) is 74.2 cm³/mol. The van der Waals surface area contributed by atoms with E-state index in [1.807, 2.05) is 4.90 Å². The van der Waals surface area contributed by atoms with Crippen molar-refractivity contribution >= 4 is 17.2 Å². The van der Waals surface area contributed by atoms with Gasteiger partial charge in [-0.2, -0.15) is 5.10 Å². The molecule has 1 amide bonds. The van der Waals surface area contributed by atoms with Crippen LogP contribution in [0.2, 0.25) is 0 Å². The van der Waals surface area contributed by atoms with Crippen molar-refractivity contribution in [2.45, 2.75) is 13.8 Å². The van der Waals surface area contributed by atoms with Crippen molar-refractivity contribution in [3.8, 4) is 10.8 Å².